The second-order valence-corrected chi connectivity index (χ2v) is 10.3. The highest BCUT2D eigenvalue weighted by Crippen LogP contribution is 2.28. The highest BCUT2D eigenvalue weighted by Gasteiger charge is 2.32. The quantitative estimate of drug-likeness (QED) is 0.254. The van der Waals surface area contributed by atoms with Gasteiger partial charge in [0.2, 0.25) is 11.9 Å². The largest absolute Gasteiger partial charge is 0.497 e. The van der Waals surface area contributed by atoms with Gasteiger partial charge in [-0.2, -0.15) is 4.98 Å². The maximum absolute atomic E-state index is 13.3. The number of nitrogens with one attached hydrogen (secondary N) is 2. The standard InChI is InChI=1S/C30H33ClN8O5/c1-42-23-7-5-21(6-8-23)34-30(41)37-12-13-39(27-16-26(31)35-29(36-27)38-11-10-32-19-38)22(18-37)15-28(40)33-17-20-4-9-24(43-2)25(14-20)44-3/h4-11,14,16,19,22H,12-13,15,17-18H2,1-3H3,(H,33,40)(H,34,41). The molecule has 2 aromatic carbocycles. The highest BCUT2D eigenvalue weighted by atomic mass is 35.5. The summed E-state index contributed by atoms with van der Waals surface area (Å²) in [7, 11) is 4.71. The molecule has 0 bridgehead atoms. The third-order valence-corrected chi connectivity index (χ3v) is 7.36. The van der Waals surface area contributed by atoms with Gasteiger partial charge in [0.25, 0.3) is 0 Å². The molecule has 44 heavy (non-hydrogen) atoms. The first-order chi connectivity index (χ1) is 21.4. The van der Waals surface area contributed by atoms with E-state index in [0.717, 1.165) is 5.56 Å². The topological polar surface area (TPSA) is 136 Å². The van der Waals surface area contributed by atoms with E-state index in [1.165, 1.54) is 0 Å². The molecule has 1 saturated heterocycles. The molecule has 0 aliphatic carbocycles. The number of hydrogen-bond acceptors (Lipinski definition) is 9. The van der Waals surface area contributed by atoms with E-state index in [4.69, 9.17) is 30.8 Å². The Kier molecular flexibility index (Phi) is 9.65. The van der Waals surface area contributed by atoms with E-state index in [0.29, 0.717) is 47.8 Å². The van der Waals surface area contributed by atoms with Crippen molar-refractivity contribution in [3.05, 3.63) is 78.0 Å². The van der Waals surface area contributed by atoms with E-state index in [-0.39, 0.29) is 36.6 Å². The minimum Gasteiger partial charge on any atom is -0.497 e. The summed E-state index contributed by atoms with van der Waals surface area (Å²) >= 11 is 6.40. The number of piperazine rings is 1. The smallest absolute Gasteiger partial charge is 0.321 e. The predicted molar refractivity (Wildman–Crippen MR) is 165 cm³/mol. The fraction of sp³-hybridized carbons (Fsp3) is 0.300. The van der Waals surface area contributed by atoms with Crippen LogP contribution < -0.4 is 29.7 Å². The number of ether oxygens (including phenoxy) is 3. The third kappa shape index (κ3) is 7.29. The van der Waals surface area contributed by atoms with Gasteiger partial charge in [-0.05, 0) is 42.0 Å². The van der Waals surface area contributed by atoms with Crippen LogP contribution in [0.2, 0.25) is 5.15 Å². The van der Waals surface area contributed by atoms with E-state index >= 15 is 0 Å². The Bertz CT molecular complexity index is 1590. The van der Waals surface area contributed by atoms with Crippen molar-refractivity contribution in [3.8, 4) is 23.2 Å². The number of nitrogens with zero attached hydrogens (tertiary/aromatic N) is 6. The summed E-state index contributed by atoms with van der Waals surface area (Å²) in [4.78, 5) is 43.3. The highest BCUT2D eigenvalue weighted by molar-refractivity contribution is 6.29. The second kappa shape index (κ2) is 14.0. The van der Waals surface area contributed by atoms with Gasteiger partial charge in [-0.3, -0.25) is 9.36 Å². The molecule has 1 aliphatic rings. The van der Waals surface area contributed by atoms with Crippen molar-refractivity contribution >= 4 is 35.0 Å². The summed E-state index contributed by atoms with van der Waals surface area (Å²) in [5, 5.41) is 6.16. The number of halogens is 1. The van der Waals surface area contributed by atoms with Gasteiger partial charge in [-0.1, -0.05) is 17.7 Å². The van der Waals surface area contributed by atoms with Gasteiger partial charge in [0.05, 0.1) is 27.4 Å². The first-order valence-corrected chi connectivity index (χ1v) is 14.2. The van der Waals surface area contributed by atoms with Gasteiger partial charge in [-0.15, -0.1) is 0 Å². The number of aromatic nitrogens is 4. The lowest BCUT2D eigenvalue weighted by Gasteiger charge is -2.42. The second-order valence-electron chi connectivity index (χ2n) is 9.94. The zero-order valence-corrected chi connectivity index (χ0v) is 25.3. The van der Waals surface area contributed by atoms with Crippen molar-refractivity contribution in [1.29, 1.82) is 0 Å². The SMILES string of the molecule is COc1ccc(NC(=O)N2CCN(c3cc(Cl)nc(-n4ccnc4)n3)C(CC(=O)NCc3ccc(OC)c(OC)c3)C2)cc1. The van der Waals surface area contributed by atoms with Crippen LogP contribution in [0.5, 0.6) is 17.2 Å². The van der Waals surface area contributed by atoms with Gasteiger partial charge in [0, 0.05) is 56.7 Å². The van der Waals surface area contributed by atoms with Crippen LogP contribution >= 0.6 is 11.6 Å². The van der Waals surface area contributed by atoms with Gasteiger partial charge in [0.15, 0.2) is 11.5 Å². The van der Waals surface area contributed by atoms with Crippen molar-refractivity contribution < 1.29 is 23.8 Å². The van der Waals surface area contributed by atoms with Crippen LogP contribution in [0.4, 0.5) is 16.3 Å². The number of rotatable bonds is 10. The Morgan fingerprint density at radius 2 is 1.77 bits per heavy atom. The van der Waals surface area contributed by atoms with Crippen LogP contribution in [0, 0.1) is 0 Å². The van der Waals surface area contributed by atoms with E-state index < -0.39 is 6.04 Å². The summed E-state index contributed by atoms with van der Waals surface area (Å²) < 4.78 is 17.5. The van der Waals surface area contributed by atoms with Gasteiger partial charge < -0.3 is 34.6 Å². The molecule has 1 aliphatic heterocycles. The van der Waals surface area contributed by atoms with Crippen molar-refractivity contribution in [2.75, 3.05) is 51.2 Å². The summed E-state index contributed by atoms with van der Waals surface area (Å²) in [6, 6.07) is 13.5. The van der Waals surface area contributed by atoms with Crippen molar-refractivity contribution in [3.63, 3.8) is 0 Å². The summed E-state index contributed by atoms with van der Waals surface area (Å²) in [5.41, 5.74) is 1.49. The first-order valence-electron chi connectivity index (χ1n) is 13.8. The monoisotopic (exact) mass is 620 g/mol. The lowest BCUT2D eigenvalue weighted by Crippen LogP contribution is -2.57. The molecule has 3 heterocycles. The molecule has 1 fully saturated rings. The lowest BCUT2D eigenvalue weighted by atomic mass is 10.1. The van der Waals surface area contributed by atoms with Crippen molar-refractivity contribution in [2.24, 2.45) is 0 Å². The minimum absolute atomic E-state index is 0.0988. The molecule has 2 N–H and O–H groups in total. The molecule has 0 radical (unpaired) electrons. The minimum atomic E-state index is -0.405. The van der Waals surface area contributed by atoms with Crippen LogP contribution in [0.3, 0.4) is 0 Å². The number of hydrogen-bond donors (Lipinski definition) is 2. The number of urea groups is 1. The molecule has 4 aromatic rings. The maximum Gasteiger partial charge on any atom is 0.321 e. The first kappa shape index (κ1) is 30.4. The molecular formula is C30H33ClN8O5. The number of imidazole rings is 1. The van der Waals surface area contributed by atoms with Crippen LogP contribution in [0.15, 0.2) is 67.3 Å². The lowest BCUT2D eigenvalue weighted by molar-refractivity contribution is -0.121. The molecule has 14 heteroatoms. The van der Waals surface area contributed by atoms with Gasteiger partial charge in [0.1, 0.15) is 23.0 Å². The Hall–Kier alpha value is -5.04. The Labute approximate surface area is 259 Å². The summed E-state index contributed by atoms with van der Waals surface area (Å²) in [6.07, 6.45) is 5.02. The molecule has 5 rings (SSSR count). The van der Waals surface area contributed by atoms with Crippen LogP contribution in [0.1, 0.15) is 12.0 Å². The van der Waals surface area contributed by atoms with E-state index in [1.54, 1.807) is 85.9 Å². The molecule has 0 spiro atoms. The van der Waals surface area contributed by atoms with Crippen molar-refractivity contribution in [1.82, 2.24) is 29.7 Å². The Morgan fingerprint density at radius 3 is 2.48 bits per heavy atom. The fourth-order valence-corrected chi connectivity index (χ4v) is 5.08. The van der Waals surface area contributed by atoms with E-state index in [2.05, 4.69) is 20.6 Å². The van der Waals surface area contributed by atoms with Crippen LogP contribution in [-0.4, -0.2) is 83.4 Å². The molecule has 0 saturated carbocycles. The van der Waals surface area contributed by atoms with Crippen molar-refractivity contribution in [2.45, 2.75) is 19.0 Å². The zero-order valence-electron chi connectivity index (χ0n) is 24.6. The summed E-state index contributed by atoms with van der Waals surface area (Å²) in [6.45, 7) is 1.37. The normalized spacial score (nSPS) is 14.6. The number of carbonyl (C=O) groups is 2. The molecule has 1 atom stereocenters. The molecule has 2 aromatic heterocycles. The van der Waals surface area contributed by atoms with Gasteiger partial charge in [-0.25, -0.2) is 14.8 Å². The number of amides is 3. The summed E-state index contributed by atoms with van der Waals surface area (Å²) in [5.74, 6) is 2.57. The number of carbonyl (C=O) groups excluding carboxylic acids is 2. The molecule has 3 amide bonds. The number of benzene rings is 2. The molecule has 1 unspecified atom stereocenters. The third-order valence-electron chi connectivity index (χ3n) is 7.17. The van der Waals surface area contributed by atoms with Crippen LogP contribution in [-0.2, 0) is 11.3 Å². The Morgan fingerprint density at radius 1 is 0.977 bits per heavy atom. The predicted octanol–water partition coefficient (Wildman–Crippen LogP) is 3.77. The fourth-order valence-electron chi connectivity index (χ4n) is 4.90. The maximum atomic E-state index is 13.3. The van der Waals surface area contributed by atoms with E-state index in [9.17, 15) is 9.59 Å². The van der Waals surface area contributed by atoms with Crippen LogP contribution in [0.25, 0.3) is 5.95 Å². The average Bonchev–Trinajstić information content (AvgIpc) is 3.59. The van der Waals surface area contributed by atoms with Gasteiger partial charge >= 0.3 is 6.03 Å². The molecular weight excluding hydrogens is 588 g/mol. The molecule has 230 valence electrons. The Balaban J connectivity index is 1.33. The number of methoxy groups -OCH3 is 3. The zero-order chi connectivity index (χ0) is 31.1. The molecule has 13 nitrogen and oxygen atoms in total. The van der Waals surface area contributed by atoms with E-state index in [1.807, 2.05) is 17.0 Å². The number of anilines is 2. The average molecular weight is 621 g/mol.